The summed E-state index contributed by atoms with van der Waals surface area (Å²) in [7, 11) is 0. The van der Waals surface area contributed by atoms with E-state index in [2.05, 4.69) is 10.3 Å². The summed E-state index contributed by atoms with van der Waals surface area (Å²) in [5.74, 6) is -2.21. The molecule has 24 heavy (non-hydrogen) atoms. The second-order valence-corrected chi connectivity index (χ2v) is 5.59. The van der Waals surface area contributed by atoms with Crippen molar-refractivity contribution in [3.8, 4) is 0 Å². The van der Waals surface area contributed by atoms with Crippen LogP contribution in [0.1, 0.15) is 26.3 Å². The molecule has 0 aliphatic carbocycles. The molecule has 0 saturated heterocycles. The first-order valence-electron chi connectivity index (χ1n) is 7.59. The lowest BCUT2D eigenvalue weighted by molar-refractivity contribution is -0.138. The highest BCUT2D eigenvalue weighted by molar-refractivity contribution is 5.85. The summed E-state index contributed by atoms with van der Waals surface area (Å²) in [6.07, 6.45) is 0.532. The van der Waals surface area contributed by atoms with Crippen LogP contribution in [0.4, 0.5) is 0 Å². The number of nitrogens with one attached hydrogen (secondary N) is 2. The highest BCUT2D eigenvalue weighted by Gasteiger charge is 2.29. The van der Waals surface area contributed by atoms with Gasteiger partial charge in [0.15, 0.2) is 0 Å². The van der Waals surface area contributed by atoms with Crippen molar-refractivity contribution in [2.24, 2.45) is 5.92 Å². The number of benzene rings is 1. The molecule has 1 aromatic carbocycles. The molecule has 0 spiro atoms. The van der Waals surface area contributed by atoms with E-state index in [9.17, 15) is 19.2 Å². The zero-order chi connectivity index (χ0) is 17.9. The molecule has 2 unspecified atom stereocenters. The monoisotopic (exact) mass is 333 g/mol. The number of aromatic amines is 1. The maximum atomic E-state index is 12.7. The Bertz CT molecular complexity index is 883. The van der Waals surface area contributed by atoms with Crippen molar-refractivity contribution >= 4 is 22.8 Å². The maximum absolute atomic E-state index is 12.7. The molecule has 0 saturated carbocycles. The Hall–Kier alpha value is -2.90. The summed E-state index contributed by atoms with van der Waals surface area (Å²) in [4.78, 5) is 50.7. The molecular weight excluding hydrogens is 314 g/mol. The number of hydrogen-bond donors (Lipinski definition) is 3. The average Bonchev–Trinajstić information content (AvgIpc) is 2.55. The third-order valence-corrected chi connectivity index (χ3v) is 3.98. The molecular formula is C16H19N3O5. The van der Waals surface area contributed by atoms with Crippen LogP contribution in [-0.2, 0) is 9.59 Å². The van der Waals surface area contributed by atoms with Crippen molar-refractivity contribution in [2.45, 2.75) is 26.3 Å². The fraction of sp³-hybridized carbons (Fsp3) is 0.375. The van der Waals surface area contributed by atoms with Crippen LogP contribution in [0, 0.1) is 5.92 Å². The molecule has 0 bridgehead atoms. The molecule has 1 aromatic heterocycles. The van der Waals surface area contributed by atoms with Crippen molar-refractivity contribution in [1.29, 1.82) is 0 Å². The lowest BCUT2D eigenvalue weighted by atomic mass is 9.98. The molecule has 1 amide bonds. The number of para-hydroxylation sites is 1. The number of carbonyl (C=O) groups is 2. The predicted molar refractivity (Wildman–Crippen MR) is 88.0 cm³/mol. The van der Waals surface area contributed by atoms with Crippen molar-refractivity contribution in [2.75, 3.05) is 6.54 Å². The van der Waals surface area contributed by atoms with Gasteiger partial charge in [0.1, 0.15) is 12.6 Å². The quantitative estimate of drug-likeness (QED) is 0.710. The number of carbonyl (C=O) groups excluding carboxylic acids is 1. The van der Waals surface area contributed by atoms with Gasteiger partial charge in [-0.05, 0) is 18.1 Å². The van der Waals surface area contributed by atoms with E-state index < -0.39 is 35.7 Å². The van der Waals surface area contributed by atoms with Gasteiger partial charge in [-0.15, -0.1) is 0 Å². The molecule has 0 radical (unpaired) electrons. The number of H-pyrrole nitrogens is 1. The zero-order valence-corrected chi connectivity index (χ0v) is 13.4. The van der Waals surface area contributed by atoms with Crippen LogP contribution in [-0.4, -0.2) is 33.1 Å². The molecule has 3 N–H and O–H groups in total. The molecule has 8 nitrogen and oxygen atoms in total. The van der Waals surface area contributed by atoms with Gasteiger partial charge in [-0.25, -0.2) is 9.36 Å². The van der Waals surface area contributed by atoms with Gasteiger partial charge < -0.3 is 15.4 Å². The van der Waals surface area contributed by atoms with Gasteiger partial charge >= 0.3 is 11.7 Å². The Morgan fingerprint density at radius 2 is 1.96 bits per heavy atom. The van der Waals surface area contributed by atoms with Crippen LogP contribution in [0.2, 0.25) is 0 Å². The van der Waals surface area contributed by atoms with Gasteiger partial charge in [0, 0.05) is 0 Å². The molecule has 2 rings (SSSR count). The minimum Gasteiger partial charge on any atom is -0.480 e. The number of rotatable bonds is 6. The Labute approximate surface area is 137 Å². The standard InChI is InChI=1S/C16H19N3O5/c1-3-9(2)13(14(22)17-8-12(20)21)19-15(23)10-6-4-5-7-11(10)18-16(19)24/h4-7,9,13H,3,8H2,1-2H3,(H,17,22)(H,18,24)(H,20,21). The summed E-state index contributed by atoms with van der Waals surface area (Å²) < 4.78 is 0.869. The Balaban J connectivity index is 2.60. The number of nitrogens with zero attached hydrogens (tertiary/aromatic N) is 1. The second-order valence-electron chi connectivity index (χ2n) is 5.59. The number of hydrogen-bond acceptors (Lipinski definition) is 4. The smallest absolute Gasteiger partial charge is 0.329 e. The third-order valence-electron chi connectivity index (χ3n) is 3.98. The van der Waals surface area contributed by atoms with E-state index in [0.717, 1.165) is 4.57 Å². The number of amides is 1. The van der Waals surface area contributed by atoms with E-state index >= 15 is 0 Å². The number of carboxylic acid groups (broad SMARTS) is 1. The van der Waals surface area contributed by atoms with Gasteiger partial charge in [0.05, 0.1) is 10.9 Å². The first-order valence-corrected chi connectivity index (χ1v) is 7.59. The van der Waals surface area contributed by atoms with Gasteiger partial charge in [-0.2, -0.15) is 0 Å². The number of fused-ring (bicyclic) bond motifs is 1. The summed E-state index contributed by atoms with van der Waals surface area (Å²) in [5.41, 5.74) is -0.891. The van der Waals surface area contributed by atoms with Gasteiger partial charge in [0.25, 0.3) is 5.56 Å². The third kappa shape index (κ3) is 3.37. The van der Waals surface area contributed by atoms with Crippen LogP contribution in [0.15, 0.2) is 33.9 Å². The topological polar surface area (TPSA) is 121 Å². The van der Waals surface area contributed by atoms with Crippen LogP contribution >= 0.6 is 0 Å². The Morgan fingerprint density at radius 1 is 1.29 bits per heavy atom. The van der Waals surface area contributed by atoms with Gasteiger partial charge in [0.2, 0.25) is 5.91 Å². The normalized spacial score (nSPS) is 13.4. The van der Waals surface area contributed by atoms with Crippen molar-refractivity contribution in [3.63, 3.8) is 0 Å². The maximum Gasteiger partial charge on any atom is 0.329 e. The second kappa shape index (κ2) is 7.12. The zero-order valence-electron chi connectivity index (χ0n) is 13.4. The fourth-order valence-electron chi connectivity index (χ4n) is 2.55. The molecule has 0 aliphatic heterocycles. The van der Waals surface area contributed by atoms with Gasteiger partial charge in [-0.3, -0.25) is 14.4 Å². The summed E-state index contributed by atoms with van der Waals surface area (Å²) >= 11 is 0. The van der Waals surface area contributed by atoms with Crippen molar-refractivity contribution in [3.05, 3.63) is 45.1 Å². The van der Waals surface area contributed by atoms with E-state index in [-0.39, 0.29) is 11.3 Å². The number of carboxylic acids is 1. The van der Waals surface area contributed by atoms with Gasteiger partial charge in [-0.1, -0.05) is 32.4 Å². The van der Waals surface area contributed by atoms with Crippen molar-refractivity contribution < 1.29 is 14.7 Å². The highest BCUT2D eigenvalue weighted by Crippen LogP contribution is 2.19. The Morgan fingerprint density at radius 3 is 2.58 bits per heavy atom. The van der Waals surface area contributed by atoms with E-state index in [4.69, 9.17) is 5.11 Å². The summed E-state index contributed by atoms with van der Waals surface area (Å²) in [6, 6.07) is 5.43. The van der Waals surface area contributed by atoms with E-state index in [1.807, 2.05) is 6.92 Å². The summed E-state index contributed by atoms with van der Waals surface area (Å²) in [6.45, 7) is 2.97. The lowest BCUT2D eigenvalue weighted by Crippen LogP contribution is -2.47. The number of aliphatic carboxylic acids is 1. The van der Waals surface area contributed by atoms with Crippen LogP contribution in [0.5, 0.6) is 0 Å². The lowest BCUT2D eigenvalue weighted by Gasteiger charge is -2.23. The van der Waals surface area contributed by atoms with Crippen molar-refractivity contribution in [1.82, 2.24) is 14.9 Å². The molecule has 0 aliphatic rings. The molecule has 0 fully saturated rings. The molecule has 2 aromatic rings. The first kappa shape index (κ1) is 17.5. The van der Waals surface area contributed by atoms with Crippen LogP contribution in [0.25, 0.3) is 10.9 Å². The minimum atomic E-state index is -1.20. The fourth-order valence-corrected chi connectivity index (χ4v) is 2.55. The highest BCUT2D eigenvalue weighted by atomic mass is 16.4. The molecule has 8 heteroatoms. The van der Waals surface area contributed by atoms with Crippen LogP contribution < -0.4 is 16.6 Å². The largest absolute Gasteiger partial charge is 0.480 e. The Kier molecular flexibility index (Phi) is 5.18. The van der Waals surface area contributed by atoms with E-state index in [1.165, 1.54) is 0 Å². The molecule has 1 heterocycles. The molecule has 128 valence electrons. The summed E-state index contributed by atoms with van der Waals surface area (Å²) in [5, 5.41) is 11.2. The van der Waals surface area contributed by atoms with Crippen LogP contribution in [0.3, 0.4) is 0 Å². The van der Waals surface area contributed by atoms with E-state index in [0.29, 0.717) is 11.9 Å². The minimum absolute atomic E-state index is 0.288. The van der Waals surface area contributed by atoms with E-state index in [1.54, 1.807) is 31.2 Å². The SMILES string of the molecule is CCC(C)C(C(=O)NCC(=O)O)n1c(=O)[nH]c2ccccc2c1=O. The average molecular weight is 333 g/mol. The predicted octanol–water partition coefficient (Wildman–Crippen LogP) is 0.478. The number of aromatic nitrogens is 2. The first-order chi connectivity index (χ1) is 11.4. The molecule has 2 atom stereocenters.